The normalized spacial score (nSPS) is 38.5. The van der Waals surface area contributed by atoms with Crippen LogP contribution in [-0.4, -0.2) is 7.11 Å². The Hall–Kier alpha value is -0.760. The molecule has 4 bridgehead atoms. The molecule has 4 fully saturated rings. The summed E-state index contributed by atoms with van der Waals surface area (Å²) < 4.78 is 19.1. The molecule has 3 heteroatoms. The minimum absolute atomic E-state index is 0.128. The molecule has 0 radical (unpaired) electrons. The number of hydrogen-bond donors (Lipinski definition) is 0. The second-order valence-electron chi connectivity index (χ2n) is 7.53. The Morgan fingerprint density at radius 3 is 2.24 bits per heavy atom. The maximum Gasteiger partial charge on any atom is 0.123 e. The van der Waals surface area contributed by atoms with Gasteiger partial charge in [0.2, 0.25) is 0 Å². The van der Waals surface area contributed by atoms with Crippen LogP contribution in [0.1, 0.15) is 49.5 Å². The molecule has 1 unspecified atom stereocenters. The van der Waals surface area contributed by atoms with E-state index in [4.69, 9.17) is 16.3 Å². The number of benzene rings is 1. The maximum atomic E-state index is 13.7. The van der Waals surface area contributed by atoms with Gasteiger partial charge in [-0.3, -0.25) is 0 Å². The summed E-state index contributed by atoms with van der Waals surface area (Å²) in [6, 6.07) is 4.74. The molecule has 1 aromatic carbocycles. The Morgan fingerprint density at radius 1 is 1.14 bits per heavy atom. The fourth-order valence-electron chi connectivity index (χ4n) is 5.72. The fourth-order valence-corrected chi connectivity index (χ4v) is 6.16. The van der Waals surface area contributed by atoms with Crippen LogP contribution < -0.4 is 4.74 Å². The molecule has 1 atom stereocenters. The smallest absolute Gasteiger partial charge is 0.123 e. The topological polar surface area (TPSA) is 9.23 Å². The molecule has 4 aliphatic carbocycles. The standard InChI is InChI=1S/C18H22ClFO/c1-21-16-3-2-14(20)7-15(16)17(19)18-8-11-4-12(9-18)6-13(5-11)10-18/h2-3,7,11-13,17H,4-6,8-10H2,1H3. The molecule has 0 spiro atoms. The van der Waals surface area contributed by atoms with Crippen molar-refractivity contribution in [1.82, 2.24) is 0 Å². The molecule has 1 nitrogen and oxygen atoms in total. The molecule has 0 heterocycles. The molecule has 0 aliphatic heterocycles. The van der Waals surface area contributed by atoms with Gasteiger partial charge in [-0.2, -0.15) is 0 Å². The quantitative estimate of drug-likeness (QED) is 0.686. The van der Waals surface area contributed by atoms with E-state index in [9.17, 15) is 4.39 Å². The molecule has 0 amide bonds. The molecule has 21 heavy (non-hydrogen) atoms. The second kappa shape index (κ2) is 4.87. The monoisotopic (exact) mass is 308 g/mol. The van der Waals surface area contributed by atoms with Gasteiger partial charge in [0.1, 0.15) is 11.6 Å². The van der Waals surface area contributed by atoms with E-state index in [1.54, 1.807) is 19.2 Å². The van der Waals surface area contributed by atoms with E-state index in [-0.39, 0.29) is 16.6 Å². The third-order valence-electron chi connectivity index (χ3n) is 6.09. The van der Waals surface area contributed by atoms with E-state index in [1.807, 2.05) is 0 Å². The highest BCUT2D eigenvalue weighted by atomic mass is 35.5. The zero-order valence-corrected chi connectivity index (χ0v) is 13.2. The lowest BCUT2D eigenvalue weighted by Gasteiger charge is -2.58. The van der Waals surface area contributed by atoms with Crippen LogP contribution in [0.3, 0.4) is 0 Å². The Kier molecular flexibility index (Phi) is 3.22. The number of hydrogen-bond acceptors (Lipinski definition) is 1. The van der Waals surface area contributed by atoms with E-state index >= 15 is 0 Å². The summed E-state index contributed by atoms with van der Waals surface area (Å²) in [5, 5.41) is -0.128. The van der Waals surface area contributed by atoms with Gasteiger partial charge in [-0.15, -0.1) is 11.6 Å². The minimum atomic E-state index is -0.221. The second-order valence-corrected chi connectivity index (χ2v) is 7.97. The van der Waals surface area contributed by atoms with Crippen LogP contribution in [0.4, 0.5) is 4.39 Å². The third-order valence-corrected chi connectivity index (χ3v) is 6.79. The van der Waals surface area contributed by atoms with Gasteiger partial charge in [-0.25, -0.2) is 4.39 Å². The van der Waals surface area contributed by atoms with E-state index in [0.717, 1.165) is 29.1 Å². The third kappa shape index (κ3) is 2.18. The number of rotatable bonds is 3. The highest BCUT2D eigenvalue weighted by Crippen LogP contribution is 2.66. The molecule has 114 valence electrons. The van der Waals surface area contributed by atoms with Crippen molar-refractivity contribution in [2.24, 2.45) is 23.2 Å². The van der Waals surface area contributed by atoms with Crippen molar-refractivity contribution in [2.45, 2.75) is 43.9 Å². The predicted molar refractivity (Wildman–Crippen MR) is 82.2 cm³/mol. The van der Waals surface area contributed by atoms with E-state index < -0.39 is 0 Å². The summed E-state index contributed by atoms with van der Waals surface area (Å²) >= 11 is 6.94. The van der Waals surface area contributed by atoms with Gasteiger partial charge < -0.3 is 4.74 Å². The van der Waals surface area contributed by atoms with E-state index in [1.165, 1.54) is 44.6 Å². The van der Waals surface area contributed by atoms with E-state index in [0.29, 0.717) is 0 Å². The van der Waals surface area contributed by atoms with Crippen LogP contribution in [-0.2, 0) is 0 Å². The van der Waals surface area contributed by atoms with Crippen molar-refractivity contribution < 1.29 is 9.13 Å². The van der Waals surface area contributed by atoms with E-state index in [2.05, 4.69) is 0 Å². The largest absolute Gasteiger partial charge is 0.496 e. The molecule has 0 saturated heterocycles. The van der Waals surface area contributed by atoms with Crippen LogP contribution in [0.5, 0.6) is 5.75 Å². The average molecular weight is 309 g/mol. The van der Waals surface area contributed by atoms with Crippen molar-refractivity contribution in [1.29, 1.82) is 0 Å². The molecular weight excluding hydrogens is 287 g/mol. The van der Waals surface area contributed by atoms with Crippen LogP contribution >= 0.6 is 11.6 Å². The SMILES string of the molecule is COc1ccc(F)cc1C(Cl)C12CC3CC(CC(C3)C1)C2. The number of halogens is 2. The lowest BCUT2D eigenvalue weighted by molar-refractivity contribution is -0.0554. The zero-order valence-electron chi connectivity index (χ0n) is 12.4. The maximum absolute atomic E-state index is 13.7. The van der Waals surface area contributed by atoms with Crippen LogP contribution in [0.15, 0.2) is 18.2 Å². The molecule has 4 aliphatic rings. The van der Waals surface area contributed by atoms with Crippen molar-refractivity contribution in [2.75, 3.05) is 7.11 Å². The summed E-state index contributed by atoms with van der Waals surface area (Å²) in [6.07, 6.45) is 7.82. The van der Waals surface area contributed by atoms with Gasteiger partial charge in [0.25, 0.3) is 0 Å². The average Bonchev–Trinajstić information content (AvgIpc) is 2.45. The summed E-state index contributed by atoms with van der Waals surface area (Å²) in [6.45, 7) is 0. The Balaban J connectivity index is 1.71. The highest BCUT2D eigenvalue weighted by molar-refractivity contribution is 6.21. The molecule has 0 N–H and O–H groups in total. The first-order valence-corrected chi connectivity index (χ1v) is 8.51. The summed E-state index contributed by atoms with van der Waals surface area (Å²) in [5.74, 6) is 3.04. The van der Waals surface area contributed by atoms with Crippen LogP contribution in [0.25, 0.3) is 0 Å². The summed E-state index contributed by atoms with van der Waals surface area (Å²) in [7, 11) is 1.64. The summed E-state index contributed by atoms with van der Waals surface area (Å²) in [5.41, 5.74) is 1.01. The molecule has 4 saturated carbocycles. The van der Waals surface area contributed by atoms with Crippen LogP contribution in [0, 0.1) is 29.0 Å². The van der Waals surface area contributed by atoms with Crippen molar-refractivity contribution in [3.8, 4) is 5.75 Å². The molecule has 0 aromatic heterocycles. The van der Waals surface area contributed by atoms with Crippen LogP contribution in [0.2, 0.25) is 0 Å². The minimum Gasteiger partial charge on any atom is -0.496 e. The summed E-state index contributed by atoms with van der Waals surface area (Å²) in [4.78, 5) is 0. The number of methoxy groups -OCH3 is 1. The number of alkyl halides is 1. The van der Waals surface area contributed by atoms with Crippen molar-refractivity contribution in [3.05, 3.63) is 29.6 Å². The predicted octanol–water partition coefficient (Wildman–Crippen LogP) is 5.33. The highest BCUT2D eigenvalue weighted by Gasteiger charge is 2.54. The Labute approximate surface area is 130 Å². The van der Waals surface area contributed by atoms with Gasteiger partial charge in [-0.1, -0.05) is 0 Å². The van der Waals surface area contributed by atoms with Gasteiger partial charge >= 0.3 is 0 Å². The lowest BCUT2D eigenvalue weighted by atomic mass is 9.48. The molecule has 5 rings (SSSR count). The van der Waals surface area contributed by atoms with Gasteiger partial charge in [-0.05, 0) is 79.9 Å². The first kappa shape index (κ1) is 13.9. The van der Waals surface area contributed by atoms with Crippen molar-refractivity contribution >= 4 is 11.6 Å². The first-order chi connectivity index (χ1) is 10.1. The molecule has 1 aromatic rings. The van der Waals surface area contributed by atoms with Gasteiger partial charge in [0, 0.05) is 5.56 Å². The van der Waals surface area contributed by atoms with Gasteiger partial charge in [0.15, 0.2) is 0 Å². The Bertz CT molecular complexity index is 521. The first-order valence-electron chi connectivity index (χ1n) is 8.07. The van der Waals surface area contributed by atoms with Crippen molar-refractivity contribution in [3.63, 3.8) is 0 Å². The van der Waals surface area contributed by atoms with Gasteiger partial charge in [0.05, 0.1) is 12.5 Å². The zero-order chi connectivity index (χ0) is 14.6. The number of ether oxygens (including phenoxy) is 1. The fraction of sp³-hybridized carbons (Fsp3) is 0.667. The Morgan fingerprint density at radius 2 is 1.71 bits per heavy atom. The molecular formula is C18H22ClFO. The lowest BCUT2D eigenvalue weighted by Crippen LogP contribution is -2.47.